The molecule has 0 saturated carbocycles. The first kappa shape index (κ1) is 22.0. The highest BCUT2D eigenvalue weighted by atomic mass is 16.5. The topological polar surface area (TPSA) is 114 Å². The van der Waals surface area contributed by atoms with Crippen LogP contribution in [0, 0.1) is 6.92 Å². The molecule has 4 N–H and O–H groups in total. The number of ether oxygens (including phenoxy) is 1. The summed E-state index contributed by atoms with van der Waals surface area (Å²) in [4.78, 5) is 23.7. The van der Waals surface area contributed by atoms with Crippen molar-refractivity contribution in [1.82, 2.24) is 15.3 Å². The normalized spacial score (nSPS) is 18.5. The Labute approximate surface area is 187 Å². The highest BCUT2D eigenvalue weighted by molar-refractivity contribution is 5.94. The average molecular weight is 436 g/mol. The van der Waals surface area contributed by atoms with E-state index in [0.717, 1.165) is 35.2 Å². The number of piperidine rings is 1. The number of nitrogens with one attached hydrogen (secondary N) is 1. The molecule has 8 heteroatoms. The number of hydrogen-bond donors (Lipinski definition) is 3. The van der Waals surface area contributed by atoms with E-state index in [4.69, 9.17) is 10.5 Å². The van der Waals surface area contributed by atoms with Crippen LogP contribution in [0.4, 0.5) is 5.69 Å². The Morgan fingerprint density at radius 2 is 2.22 bits per heavy atom. The second-order valence-electron chi connectivity index (χ2n) is 8.27. The first-order valence-electron chi connectivity index (χ1n) is 10.9. The zero-order valence-corrected chi connectivity index (χ0v) is 18.3. The SMILES string of the molecule is Cc1cc(N2CCCC(O)(CNC(=O)c3cccc(OCCN)c3)C2)c2cnccc2n1. The Bertz CT molecular complexity index is 1110. The number of benzene rings is 1. The number of aryl methyl sites for hydroxylation is 1. The number of nitrogens with zero attached hydrogens (tertiary/aromatic N) is 3. The lowest BCUT2D eigenvalue weighted by Crippen LogP contribution is -2.54. The molecular weight excluding hydrogens is 406 g/mol. The Balaban J connectivity index is 1.46. The molecule has 8 nitrogen and oxygen atoms in total. The minimum absolute atomic E-state index is 0.163. The van der Waals surface area contributed by atoms with Crippen LogP contribution in [0.1, 0.15) is 28.9 Å². The summed E-state index contributed by atoms with van der Waals surface area (Å²) in [5, 5.41) is 15.1. The van der Waals surface area contributed by atoms with Crippen molar-refractivity contribution in [3.63, 3.8) is 0 Å². The highest BCUT2D eigenvalue weighted by Crippen LogP contribution is 2.31. The first-order valence-corrected chi connectivity index (χ1v) is 10.9. The van der Waals surface area contributed by atoms with E-state index >= 15 is 0 Å². The number of fused-ring (bicyclic) bond motifs is 1. The molecule has 168 valence electrons. The van der Waals surface area contributed by atoms with Crippen LogP contribution in [0.3, 0.4) is 0 Å². The number of β-amino-alcohol motifs (C(OH)–C–C–N with tert-alkyl or cyclic N) is 1. The zero-order valence-electron chi connectivity index (χ0n) is 18.3. The number of pyridine rings is 2. The van der Waals surface area contributed by atoms with Gasteiger partial charge in [-0.15, -0.1) is 0 Å². The third-order valence-electron chi connectivity index (χ3n) is 5.67. The summed E-state index contributed by atoms with van der Waals surface area (Å²) in [7, 11) is 0. The van der Waals surface area contributed by atoms with E-state index in [-0.39, 0.29) is 12.5 Å². The number of amides is 1. The molecule has 1 atom stereocenters. The summed E-state index contributed by atoms with van der Waals surface area (Å²) in [6.07, 6.45) is 4.98. The summed E-state index contributed by atoms with van der Waals surface area (Å²) in [5.74, 6) is 0.349. The maximum absolute atomic E-state index is 12.7. The number of anilines is 1. The van der Waals surface area contributed by atoms with Crippen LogP contribution in [0.2, 0.25) is 0 Å². The Morgan fingerprint density at radius 3 is 3.06 bits per heavy atom. The summed E-state index contributed by atoms with van der Waals surface area (Å²) >= 11 is 0. The zero-order chi connectivity index (χ0) is 22.6. The number of rotatable bonds is 7. The molecule has 1 amide bonds. The van der Waals surface area contributed by atoms with Crippen molar-refractivity contribution in [3.8, 4) is 5.75 Å². The number of carbonyl (C=O) groups is 1. The molecule has 0 spiro atoms. The van der Waals surface area contributed by atoms with Crippen LogP contribution >= 0.6 is 0 Å². The molecule has 0 aliphatic carbocycles. The van der Waals surface area contributed by atoms with E-state index in [1.807, 2.05) is 25.3 Å². The third-order valence-corrected chi connectivity index (χ3v) is 5.67. The molecule has 1 aliphatic heterocycles. The Morgan fingerprint density at radius 1 is 1.34 bits per heavy atom. The molecule has 2 aromatic heterocycles. The van der Waals surface area contributed by atoms with Gasteiger partial charge in [0.15, 0.2) is 0 Å². The minimum atomic E-state index is -1.03. The molecule has 1 saturated heterocycles. The van der Waals surface area contributed by atoms with Crippen molar-refractivity contribution in [2.75, 3.05) is 37.7 Å². The van der Waals surface area contributed by atoms with E-state index in [1.54, 1.807) is 30.5 Å². The predicted molar refractivity (Wildman–Crippen MR) is 124 cm³/mol. The molecule has 3 heterocycles. The molecule has 32 heavy (non-hydrogen) atoms. The van der Waals surface area contributed by atoms with Crippen molar-refractivity contribution >= 4 is 22.5 Å². The third kappa shape index (κ3) is 4.98. The lowest BCUT2D eigenvalue weighted by Gasteiger charge is -2.41. The predicted octanol–water partition coefficient (Wildman–Crippen LogP) is 2.04. The molecule has 1 fully saturated rings. The van der Waals surface area contributed by atoms with Crippen molar-refractivity contribution < 1.29 is 14.6 Å². The number of aliphatic hydroxyl groups is 1. The van der Waals surface area contributed by atoms with Crippen LogP contribution < -0.4 is 20.7 Å². The van der Waals surface area contributed by atoms with E-state index < -0.39 is 5.60 Å². The molecule has 1 aliphatic rings. The van der Waals surface area contributed by atoms with Crippen LogP contribution in [0.15, 0.2) is 48.8 Å². The lowest BCUT2D eigenvalue weighted by atomic mass is 9.92. The summed E-state index contributed by atoms with van der Waals surface area (Å²) in [5.41, 5.74) is 7.72. The second-order valence-corrected chi connectivity index (χ2v) is 8.27. The average Bonchev–Trinajstić information content (AvgIpc) is 2.81. The van der Waals surface area contributed by atoms with Gasteiger partial charge in [-0.25, -0.2) is 0 Å². The van der Waals surface area contributed by atoms with Crippen molar-refractivity contribution in [2.45, 2.75) is 25.4 Å². The van der Waals surface area contributed by atoms with Gasteiger partial charge in [-0.2, -0.15) is 0 Å². The van der Waals surface area contributed by atoms with Crippen LogP contribution in [0.25, 0.3) is 10.9 Å². The van der Waals surface area contributed by atoms with Gasteiger partial charge in [0.05, 0.1) is 11.1 Å². The second kappa shape index (κ2) is 9.50. The fraction of sp³-hybridized carbons (Fsp3) is 0.375. The summed E-state index contributed by atoms with van der Waals surface area (Å²) < 4.78 is 5.50. The molecule has 1 unspecified atom stereocenters. The van der Waals surface area contributed by atoms with E-state index in [1.165, 1.54) is 0 Å². The molecular formula is C24H29N5O3. The van der Waals surface area contributed by atoms with Crippen LogP contribution in [-0.4, -0.2) is 59.4 Å². The summed E-state index contributed by atoms with van der Waals surface area (Å²) in [6.45, 7) is 4.16. The fourth-order valence-corrected chi connectivity index (χ4v) is 4.15. The quantitative estimate of drug-likeness (QED) is 0.520. The summed E-state index contributed by atoms with van der Waals surface area (Å²) in [6, 6.07) is 10.9. The molecule has 1 aromatic carbocycles. The Kier molecular flexibility index (Phi) is 6.53. The van der Waals surface area contributed by atoms with Gasteiger partial charge in [-0.1, -0.05) is 6.07 Å². The largest absolute Gasteiger partial charge is 0.492 e. The molecule has 4 rings (SSSR count). The minimum Gasteiger partial charge on any atom is -0.492 e. The lowest BCUT2D eigenvalue weighted by molar-refractivity contribution is 0.0257. The van der Waals surface area contributed by atoms with Gasteiger partial charge in [0, 0.05) is 60.9 Å². The van der Waals surface area contributed by atoms with E-state index in [0.29, 0.717) is 37.4 Å². The Hall–Kier alpha value is -3.23. The van der Waals surface area contributed by atoms with Gasteiger partial charge in [-0.05, 0) is 50.1 Å². The van der Waals surface area contributed by atoms with Crippen molar-refractivity contribution in [2.24, 2.45) is 5.73 Å². The van der Waals surface area contributed by atoms with E-state index in [2.05, 4.69) is 20.2 Å². The van der Waals surface area contributed by atoms with Gasteiger partial charge in [0.25, 0.3) is 5.91 Å². The smallest absolute Gasteiger partial charge is 0.251 e. The van der Waals surface area contributed by atoms with Crippen LogP contribution in [0.5, 0.6) is 5.75 Å². The monoisotopic (exact) mass is 435 g/mol. The van der Waals surface area contributed by atoms with Crippen molar-refractivity contribution in [1.29, 1.82) is 0 Å². The van der Waals surface area contributed by atoms with Gasteiger partial charge < -0.3 is 25.8 Å². The number of aromatic nitrogens is 2. The molecule has 0 bridgehead atoms. The van der Waals surface area contributed by atoms with E-state index in [9.17, 15) is 9.90 Å². The van der Waals surface area contributed by atoms with Gasteiger partial charge in [0.2, 0.25) is 0 Å². The van der Waals surface area contributed by atoms with Crippen molar-refractivity contribution in [3.05, 3.63) is 60.0 Å². The number of carbonyl (C=O) groups excluding carboxylic acids is 1. The number of hydrogen-bond acceptors (Lipinski definition) is 7. The maximum Gasteiger partial charge on any atom is 0.251 e. The van der Waals surface area contributed by atoms with Crippen LogP contribution in [-0.2, 0) is 0 Å². The van der Waals surface area contributed by atoms with Gasteiger partial charge in [-0.3, -0.25) is 14.8 Å². The highest BCUT2D eigenvalue weighted by Gasteiger charge is 2.34. The van der Waals surface area contributed by atoms with Gasteiger partial charge >= 0.3 is 0 Å². The molecule has 0 radical (unpaired) electrons. The number of nitrogens with two attached hydrogens (primary N) is 1. The first-order chi connectivity index (χ1) is 15.5. The fourth-order valence-electron chi connectivity index (χ4n) is 4.15. The standard InChI is InChI=1S/C24H29N5O3/c1-17-12-22(20-14-26-9-6-21(20)28-17)29-10-3-7-24(31,16-29)15-27-23(30)18-4-2-5-19(13-18)32-11-8-25/h2,4-6,9,12-14,31H,3,7-8,10-11,15-16,25H2,1H3,(H,27,30). The molecule has 3 aromatic rings. The van der Waals surface area contributed by atoms with Gasteiger partial charge in [0.1, 0.15) is 12.4 Å². The maximum atomic E-state index is 12.7.